The van der Waals surface area contributed by atoms with E-state index >= 15 is 0 Å². The van der Waals surface area contributed by atoms with Crippen molar-refractivity contribution in [1.29, 1.82) is 0 Å². The molecule has 0 spiro atoms. The smallest absolute Gasteiger partial charge is 0.266 e. The van der Waals surface area contributed by atoms with Crippen molar-refractivity contribution in [2.24, 2.45) is 5.73 Å². The molecule has 0 unspecified atom stereocenters. The van der Waals surface area contributed by atoms with Gasteiger partial charge in [-0.1, -0.05) is 30.0 Å². The van der Waals surface area contributed by atoms with E-state index in [0.29, 0.717) is 5.56 Å². The maximum atomic E-state index is 12.2. The van der Waals surface area contributed by atoms with Gasteiger partial charge < -0.3 is 11.1 Å². The van der Waals surface area contributed by atoms with Crippen LogP contribution >= 0.6 is 0 Å². The Morgan fingerprint density at radius 2 is 1.54 bits per heavy atom. The molecule has 0 aliphatic rings. The van der Waals surface area contributed by atoms with Gasteiger partial charge in [-0.25, -0.2) is 5.48 Å². The quantitative estimate of drug-likeness (QED) is 0.357. The van der Waals surface area contributed by atoms with E-state index in [1.807, 2.05) is 30.3 Å². The van der Waals surface area contributed by atoms with Gasteiger partial charge in [-0.2, -0.15) is 0 Å². The van der Waals surface area contributed by atoms with Crippen LogP contribution in [0.2, 0.25) is 0 Å². The maximum absolute atomic E-state index is 12.2. The number of primary amides is 1. The topological polar surface area (TPSA) is 122 Å². The number of hydroxylamine groups is 1. The molecule has 0 aliphatic heterocycles. The Morgan fingerprint density at radius 3 is 2.08 bits per heavy atom. The van der Waals surface area contributed by atoms with Crippen molar-refractivity contribution >= 4 is 17.7 Å². The lowest BCUT2D eigenvalue weighted by atomic mass is 10.1. The first-order valence-corrected chi connectivity index (χ1v) is 7.70. The summed E-state index contributed by atoms with van der Waals surface area (Å²) in [6, 6.07) is 14.6. The minimum Gasteiger partial charge on any atom is -0.370 e. The number of carbonyl (C=O) groups excluding carboxylic acids is 3. The molecule has 0 aliphatic carbocycles. The molecule has 7 heteroatoms. The Labute approximate surface area is 150 Å². The molecule has 2 aromatic carbocycles. The van der Waals surface area contributed by atoms with Crippen molar-refractivity contribution in [3.63, 3.8) is 0 Å². The molecule has 2 rings (SSSR count). The Hall–Kier alpha value is -3.63. The minimum atomic E-state index is -1.26. The Kier molecular flexibility index (Phi) is 6.48. The Balaban J connectivity index is 2.07. The number of hydrogen-bond donors (Lipinski definition) is 4. The zero-order chi connectivity index (χ0) is 18.9. The van der Waals surface area contributed by atoms with Gasteiger partial charge in [0.15, 0.2) is 0 Å². The molecule has 1 atom stereocenters. The highest BCUT2D eigenvalue weighted by Crippen LogP contribution is 2.05. The number of benzene rings is 2. The molecule has 3 amide bonds. The first-order valence-electron chi connectivity index (χ1n) is 7.70. The Bertz CT molecular complexity index is 852. The fourth-order valence-corrected chi connectivity index (χ4v) is 2.10. The summed E-state index contributed by atoms with van der Waals surface area (Å²) >= 11 is 0. The van der Waals surface area contributed by atoms with E-state index in [2.05, 4.69) is 17.2 Å². The number of hydrogen-bond acceptors (Lipinski definition) is 4. The summed E-state index contributed by atoms with van der Waals surface area (Å²) in [6.07, 6.45) is -0.432. The predicted octanol–water partition coefficient (Wildman–Crippen LogP) is 0.566. The highest BCUT2D eigenvalue weighted by atomic mass is 16.5. The van der Waals surface area contributed by atoms with Gasteiger partial charge in [-0.05, 0) is 36.4 Å². The Morgan fingerprint density at radius 1 is 0.962 bits per heavy atom. The summed E-state index contributed by atoms with van der Waals surface area (Å²) in [6.45, 7) is 0. The molecule has 0 radical (unpaired) electrons. The highest BCUT2D eigenvalue weighted by Gasteiger charge is 2.23. The van der Waals surface area contributed by atoms with E-state index in [1.165, 1.54) is 5.48 Å². The van der Waals surface area contributed by atoms with Gasteiger partial charge >= 0.3 is 0 Å². The molecule has 2 aromatic rings. The third kappa shape index (κ3) is 5.47. The first-order chi connectivity index (χ1) is 12.5. The molecular formula is C19H17N3O4. The van der Waals surface area contributed by atoms with Crippen LogP contribution in [0.4, 0.5) is 0 Å². The fourth-order valence-electron chi connectivity index (χ4n) is 2.10. The van der Waals surface area contributed by atoms with E-state index in [4.69, 9.17) is 10.9 Å². The summed E-state index contributed by atoms with van der Waals surface area (Å²) in [5.74, 6) is 3.69. The summed E-state index contributed by atoms with van der Waals surface area (Å²) in [4.78, 5) is 34.6. The van der Waals surface area contributed by atoms with Crippen LogP contribution in [0.15, 0.2) is 54.6 Å². The van der Waals surface area contributed by atoms with Crippen LogP contribution in [-0.4, -0.2) is 29.0 Å². The normalized spacial score (nSPS) is 10.8. The molecule has 26 heavy (non-hydrogen) atoms. The molecule has 0 heterocycles. The molecule has 132 valence electrons. The van der Waals surface area contributed by atoms with Crippen LogP contribution in [0.5, 0.6) is 0 Å². The van der Waals surface area contributed by atoms with Crippen LogP contribution in [-0.2, 0) is 9.59 Å². The number of nitrogens with one attached hydrogen (secondary N) is 2. The van der Waals surface area contributed by atoms with Crippen molar-refractivity contribution in [3.05, 3.63) is 71.3 Å². The molecule has 0 bridgehead atoms. The van der Waals surface area contributed by atoms with Crippen LogP contribution < -0.4 is 16.5 Å². The third-order valence-electron chi connectivity index (χ3n) is 3.41. The zero-order valence-corrected chi connectivity index (χ0v) is 13.7. The second-order valence-corrected chi connectivity index (χ2v) is 5.37. The van der Waals surface area contributed by atoms with Crippen molar-refractivity contribution in [3.8, 4) is 11.8 Å². The summed E-state index contributed by atoms with van der Waals surface area (Å²) < 4.78 is 0. The SMILES string of the molecule is NC(=O)C[C@H](NC(=O)c1ccc(C#Cc2ccccc2)cc1)C(=O)NO. The highest BCUT2D eigenvalue weighted by molar-refractivity contribution is 5.98. The van der Waals surface area contributed by atoms with Crippen LogP contribution in [0.3, 0.4) is 0 Å². The fraction of sp³-hybridized carbons (Fsp3) is 0.105. The first kappa shape index (κ1) is 18.7. The summed E-state index contributed by atoms with van der Waals surface area (Å²) in [7, 11) is 0. The lowest BCUT2D eigenvalue weighted by molar-refractivity contribution is -0.133. The average molecular weight is 351 g/mol. The molecular weight excluding hydrogens is 334 g/mol. The standard InChI is InChI=1S/C19H17N3O4/c20-17(23)12-16(19(25)22-26)21-18(24)15-10-8-14(9-11-15)7-6-13-4-2-1-3-5-13/h1-5,8-11,16,26H,12H2,(H2,20,23)(H,21,24)(H,22,25)/t16-/m0/s1. The largest absolute Gasteiger partial charge is 0.370 e. The number of rotatable bonds is 5. The molecule has 5 N–H and O–H groups in total. The number of nitrogens with two attached hydrogens (primary N) is 1. The van der Waals surface area contributed by atoms with Crippen LogP contribution in [0.25, 0.3) is 0 Å². The van der Waals surface area contributed by atoms with Gasteiger partial charge in [-0.15, -0.1) is 0 Å². The van der Waals surface area contributed by atoms with E-state index in [-0.39, 0.29) is 5.56 Å². The number of amides is 3. The minimum absolute atomic E-state index is 0.274. The van der Waals surface area contributed by atoms with Crippen LogP contribution in [0, 0.1) is 11.8 Å². The van der Waals surface area contributed by atoms with Crippen LogP contribution in [0.1, 0.15) is 27.9 Å². The van der Waals surface area contributed by atoms with E-state index in [1.54, 1.807) is 24.3 Å². The van der Waals surface area contributed by atoms with Crippen molar-refractivity contribution in [1.82, 2.24) is 10.8 Å². The molecule has 0 fully saturated rings. The zero-order valence-electron chi connectivity index (χ0n) is 13.7. The lowest BCUT2D eigenvalue weighted by Crippen LogP contribution is -2.47. The second kappa shape index (κ2) is 9.01. The van der Waals surface area contributed by atoms with Gasteiger partial charge in [-0.3, -0.25) is 19.6 Å². The monoisotopic (exact) mass is 351 g/mol. The number of carbonyl (C=O) groups is 3. The van der Waals surface area contributed by atoms with Crippen molar-refractivity contribution in [2.45, 2.75) is 12.5 Å². The lowest BCUT2D eigenvalue weighted by Gasteiger charge is -2.15. The van der Waals surface area contributed by atoms with Gasteiger partial charge in [0.05, 0.1) is 6.42 Å². The second-order valence-electron chi connectivity index (χ2n) is 5.37. The van der Waals surface area contributed by atoms with Gasteiger partial charge in [0, 0.05) is 16.7 Å². The average Bonchev–Trinajstić information content (AvgIpc) is 2.66. The third-order valence-corrected chi connectivity index (χ3v) is 3.41. The van der Waals surface area contributed by atoms with E-state index < -0.39 is 30.2 Å². The molecule has 7 nitrogen and oxygen atoms in total. The predicted molar refractivity (Wildman–Crippen MR) is 93.9 cm³/mol. The maximum Gasteiger partial charge on any atom is 0.266 e. The van der Waals surface area contributed by atoms with E-state index in [0.717, 1.165) is 5.56 Å². The van der Waals surface area contributed by atoms with Crippen molar-refractivity contribution < 1.29 is 19.6 Å². The van der Waals surface area contributed by atoms with Gasteiger partial charge in [0.1, 0.15) is 6.04 Å². The summed E-state index contributed by atoms with van der Waals surface area (Å²) in [5, 5.41) is 11.0. The molecule has 0 saturated heterocycles. The summed E-state index contributed by atoms with van der Waals surface area (Å²) in [5.41, 5.74) is 8.29. The van der Waals surface area contributed by atoms with Gasteiger partial charge in [0.25, 0.3) is 11.8 Å². The molecule has 0 aromatic heterocycles. The van der Waals surface area contributed by atoms with Crippen molar-refractivity contribution in [2.75, 3.05) is 0 Å². The van der Waals surface area contributed by atoms with E-state index in [9.17, 15) is 14.4 Å². The van der Waals surface area contributed by atoms with Gasteiger partial charge in [0.2, 0.25) is 5.91 Å². The molecule has 0 saturated carbocycles.